The number of ether oxygens (including phenoxy) is 1. The minimum absolute atomic E-state index is 0.204. The SMILES string of the molecule is CC(OC(=O)/C=C/c1ccc(Cl)c(Cl)c1)C(=O)NC1CCCC1. The van der Waals surface area contributed by atoms with Gasteiger partial charge in [0.1, 0.15) is 0 Å². The zero-order valence-corrected chi connectivity index (χ0v) is 14.4. The number of nitrogens with one attached hydrogen (secondary N) is 1. The minimum atomic E-state index is -0.818. The summed E-state index contributed by atoms with van der Waals surface area (Å²) in [6, 6.07) is 5.22. The van der Waals surface area contributed by atoms with Gasteiger partial charge in [-0.15, -0.1) is 0 Å². The topological polar surface area (TPSA) is 55.4 Å². The van der Waals surface area contributed by atoms with Gasteiger partial charge in [-0.05, 0) is 43.5 Å². The average Bonchev–Trinajstić information content (AvgIpc) is 3.01. The third-order valence-electron chi connectivity index (χ3n) is 3.72. The van der Waals surface area contributed by atoms with Crippen LogP contribution in [0.1, 0.15) is 38.2 Å². The van der Waals surface area contributed by atoms with Crippen LogP contribution in [0.15, 0.2) is 24.3 Å². The van der Waals surface area contributed by atoms with Crippen LogP contribution in [-0.2, 0) is 14.3 Å². The van der Waals surface area contributed by atoms with Gasteiger partial charge < -0.3 is 10.1 Å². The lowest BCUT2D eigenvalue weighted by Crippen LogP contribution is -2.40. The molecule has 4 nitrogen and oxygen atoms in total. The maximum Gasteiger partial charge on any atom is 0.331 e. The lowest BCUT2D eigenvalue weighted by molar-refractivity contribution is -0.150. The van der Waals surface area contributed by atoms with Crippen molar-refractivity contribution in [2.24, 2.45) is 0 Å². The van der Waals surface area contributed by atoms with Crippen LogP contribution in [0.2, 0.25) is 10.0 Å². The molecule has 1 aromatic rings. The summed E-state index contributed by atoms with van der Waals surface area (Å²) in [5.74, 6) is -0.835. The van der Waals surface area contributed by atoms with Crippen molar-refractivity contribution in [2.45, 2.75) is 44.8 Å². The van der Waals surface area contributed by atoms with Crippen molar-refractivity contribution >= 4 is 41.2 Å². The maximum atomic E-state index is 11.9. The highest BCUT2D eigenvalue weighted by atomic mass is 35.5. The lowest BCUT2D eigenvalue weighted by atomic mass is 10.2. The molecule has 1 unspecified atom stereocenters. The molecular weight excluding hydrogens is 337 g/mol. The standard InChI is InChI=1S/C17H19Cl2NO3/c1-11(17(22)20-13-4-2-3-5-13)23-16(21)9-7-12-6-8-14(18)15(19)10-12/h6-11,13H,2-5H2,1H3,(H,20,22)/b9-7+. The number of hydrogen-bond donors (Lipinski definition) is 1. The van der Waals surface area contributed by atoms with Gasteiger partial charge in [-0.25, -0.2) is 4.79 Å². The van der Waals surface area contributed by atoms with E-state index in [-0.39, 0.29) is 11.9 Å². The number of amides is 1. The molecule has 23 heavy (non-hydrogen) atoms. The van der Waals surface area contributed by atoms with Crippen LogP contribution in [0.25, 0.3) is 6.08 Å². The summed E-state index contributed by atoms with van der Waals surface area (Å²) in [6.45, 7) is 1.56. The highest BCUT2D eigenvalue weighted by Gasteiger charge is 2.22. The van der Waals surface area contributed by atoms with Crippen molar-refractivity contribution in [3.8, 4) is 0 Å². The maximum absolute atomic E-state index is 11.9. The summed E-state index contributed by atoms with van der Waals surface area (Å²) < 4.78 is 5.10. The van der Waals surface area contributed by atoms with Crippen LogP contribution in [0, 0.1) is 0 Å². The van der Waals surface area contributed by atoms with Crippen LogP contribution in [-0.4, -0.2) is 24.0 Å². The fraction of sp³-hybridized carbons (Fsp3) is 0.412. The molecule has 6 heteroatoms. The van der Waals surface area contributed by atoms with E-state index in [0.717, 1.165) is 31.2 Å². The molecule has 124 valence electrons. The lowest BCUT2D eigenvalue weighted by Gasteiger charge is -2.16. The molecule has 0 saturated heterocycles. The minimum Gasteiger partial charge on any atom is -0.449 e. The van der Waals surface area contributed by atoms with Crippen molar-refractivity contribution in [2.75, 3.05) is 0 Å². The Labute approximate surface area is 145 Å². The Hall–Kier alpha value is -1.52. The van der Waals surface area contributed by atoms with E-state index in [1.165, 1.54) is 6.08 Å². The van der Waals surface area contributed by atoms with Crippen molar-refractivity contribution in [1.82, 2.24) is 5.32 Å². The fourth-order valence-electron chi connectivity index (χ4n) is 2.44. The van der Waals surface area contributed by atoms with Gasteiger partial charge in [0, 0.05) is 12.1 Å². The quantitative estimate of drug-likeness (QED) is 0.641. The second-order valence-electron chi connectivity index (χ2n) is 5.58. The van der Waals surface area contributed by atoms with Gasteiger partial charge in [0.2, 0.25) is 0 Å². The molecule has 1 fully saturated rings. The molecule has 1 saturated carbocycles. The van der Waals surface area contributed by atoms with Crippen LogP contribution in [0.4, 0.5) is 0 Å². The second kappa shape index (κ2) is 8.37. The molecule has 0 radical (unpaired) electrons. The molecule has 1 aliphatic rings. The molecule has 0 heterocycles. The molecule has 1 aliphatic carbocycles. The van der Waals surface area contributed by atoms with Gasteiger partial charge in [0.15, 0.2) is 6.10 Å². The summed E-state index contributed by atoms with van der Waals surface area (Å²) in [5, 5.41) is 3.76. The van der Waals surface area contributed by atoms with Crippen molar-refractivity contribution in [1.29, 1.82) is 0 Å². The van der Waals surface area contributed by atoms with E-state index in [9.17, 15) is 9.59 Å². The molecule has 1 amide bonds. The Morgan fingerprint density at radius 1 is 1.26 bits per heavy atom. The van der Waals surface area contributed by atoms with E-state index in [0.29, 0.717) is 10.0 Å². The van der Waals surface area contributed by atoms with Gasteiger partial charge in [-0.2, -0.15) is 0 Å². The first-order valence-electron chi connectivity index (χ1n) is 7.60. The first-order valence-corrected chi connectivity index (χ1v) is 8.35. The molecule has 0 aromatic heterocycles. The van der Waals surface area contributed by atoms with E-state index in [4.69, 9.17) is 27.9 Å². The number of carbonyl (C=O) groups is 2. The Morgan fingerprint density at radius 2 is 1.96 bits per heavy atom. The number of benzene rings is 1. The zero-order chi connectivity index (χ0) is 16.8. The third kappa shape index (κ3) is 5.56. The predicted octanol–water partition coefficient (Wildman–Crippen LogP) is 4.00. The number of carbonyl (C=O) groups excluding carboxylic acids is 2. The van der Waals surface area contributed by atoms with E-state index in [2.05, 4.69) is 5.32 Å². The van der Waals surface area contributed by atoms with Crippen LogP contribution >= 0.6 is 23.2 Å². The Balaban J connectivity index is 1.83. The van der Waals surface area contributed by atoms with Crippen LogP contribution in [0.3, 0.4) is 0 Å². The van der Waals surface area contributed by atoms with Gasteiger partial charge >= 0.3 is 5.97 Å². The number of halogens is 2. The molecule has 2 rings (SSSR count). The summed E-state index contributed by atoms with van der Waals surface area (Å²) in [6.07, 6.45) is 6.25. The normalized spacial score (nSPS) is 16.5. The predicted molar refractivity (Wildman–Crippen MR) is 91.4 cm³/mol. The Bertz CT molecular complexity index is 610. The summed E-state index contributed by atoms with van der Waals surface area (Å²) >= 11 is 11.7. The average molecular weight is 356 g/mol. The fourth-order valence-corrected chi connectivity index (χ4v) is 2.74. The molecule has 1 aromatic carbocycles. The molecule has 1 atom stereocenters. The monoisotopic (exact) mass is 355 g/mol. The van der Waals surface area contributed by atoms with Gasteiger partial charge in [-0.3, -0.25) is 4.79 Å². The van der Waals surface area contributed by atoms with E-state index >= 15 is 0 Å². The van der Waals surface area contributed by atoms with Gasteiger partial charge in [-0.1, -0.05) is 42.1 Å². The van der Waals surface area contributed by atoms with Crippen LogP contribution < -0.4 is 5.32 Å². The molecule has 0 bridgehead atoms. The summed E-state index contributed by atoms with van der Waals surface area (Å²) in [5.41, 5.74) is 0.722. The second-order valence-corrected chi connectivity index (χ2v) is 6.39. The highest BCUT2D eigenvalue weighted by molar-refractivity contribution is 6.42. The van der Waals surface area contributed by atoms with Gasteiger partial charge in [0.05, 0.1) is 10.0 Å². The van der Waals surface area contributed by atoms with Crippen molar-refractivity contribution in [3.05, 3.63) is 39.9 Å². The van der Waals surface area contributed by atoms with Gasteiger partial charge in [0.25, 0.3) is 5.91 Å². The van der Waals surface area contributed by atoms with E-state index in [1.807, 2.05) is 0 Å². The first kappa shape index (κ1) is 17.8. The summed E-state index contributed by atoms with van der Waals surface area (Å²) in [7, 11) is 0. The molecular formula is C17H19Cl2NO3. The first-order chi connectivity index (χ1) is 11.0. The largest absolute Gasteiger partial charge is 0.449 e. The van der Waals surface area contributed by atoms with Crippen LogP contribution in [0.5, 0.6) is 0 Å². The smallest absolute Gasteiger partial charge is 0.331 e. The van der Waals surface area contributed by atoms with E-state index in [1.54, 1.807) is 31.2 Å². The van der Waals surface area contributed by atoms with E-state index < -0.39 is 12.1 Å². The van der Waals surface area contributed by atoms with Crippen molar-refractivity contribution in [3.63, 3.8) is 0 Å². The number of hydrogen-bond acceptors (Lipinski definition) is 3. The number of esters is 1. The molecule has 0 spiro atoms. The highest BCUT2D eigenvalue weighted by Crippen LogP contribution is 2.23. The molecule has 0 aliphatic heterocycles. The van der Waals surface area contributed by atoms with Crippen molar-refractivity contribution < 1.29 is 14.3 Å². The third-order valence-corrected chi connectivity index (χ3v) is 4.46. The summed E-state index contributed by atoms with van der Waals surface area (Å²) in [4.78, 5) is 23.7. The molecule has 1 N–H and O–H groups in total. The Morgan fingerprint density at radius 3 is 2.61 bits per heavy atom. The number of rotatable bonds is 5. The Kier molecular flexibility index (Phi) is 6.48. The zero-order valence-electron chi connectivity index (χ0n) is 12.9.